The third-order valence-electron chi connectivity index (χ3n) is 4.55. The number of sulfonamides is 1. The van der Waals surface area contributed by atoms with Crippen LogP contribution in [0.3, 0.4) is 0 Å². The summed E-state index contributed by atoms with van der Waals surface area (Å²) in [6.07, 6.45) is 1.46. The molecule has 7 heteroatoms. The number of hydrogen-bond donors (Lipinski definition) is 1. The van der Waals surface area contributed by atoms with Crippen molar-refractivity contribution in [3.8, 4) is 5.75 Å². The Morgan fingerprint density at radius 3 is 2.43 bits per heavy atom. The number of anilines is 1. The Kier molecular flexibility index (Phi) is 7.07. The minimum absolute atomic E-state index is 0.336. The fourth-order valence-corrected chi connectivity index (χ4v) is 4.44. The molecule has 2 aromatic carbocycles. The lowest BCUT2D eigenvalue weighted by Gasteiger charge is -2.31. The van der Waals surface area contributed by atoms with E-state index < -0.39 is 16.1 Å². The first-order chi connectivity index (χ1) is 13.2. The van der Waals surface area contributed by atoms with Crippen LogP contribution in [0.2, 0.25) is 0 Å². The van der Waals surface area contributed by atoms with Crippen molar-refractivity contribution in [2.45, 2.75) is 39.3 Å². The zero-order chi connectivity index (χ0) is 20.9. The molecule has 0 saturated carbocycles. The Morgan fingerprint density at radius 1 is 1.18 bits per heavy atom. The van der Waals surface area contributed by atoms with E-state index in [4.69, 9.17) is 4.74 Å². The number of rotatable bonds is 8. The van der Waals surface area contributed by atoms with Crippen molar-refractivity contribution in [3.63, 3.8) is 0 Å². The number of aryl methyl sites for hydroxylation is 1. The van der Waals surface area contributed by atoms with Crippen LogP contribution >= 0.6 is 0 Å². The van der Waals surface area contributed by atoms with Crippen molar-refractivity contribution >= 4 is 21.6 Å². The van der Waals surface area contributed by atoms with Crippen LogP contribution in [-0.2, 0) is 14.8 Å². The molecule has 2 atom stereocenters. The third kappa shape index (κ3) is 5.04. The molecule has 0 bridgehead atoms. The smallest absolute Gasteiger partial charge is 0.244 e. The van der Waals surface area contributed by atoms with Gasteiger partial charge in [0.15, 0.2) is 0 Å². The molecule has 1 amide bonds. The summed E-state index contributed by atoms with van der Waals surface area (Å²) in [5.74, 6) is 0.315. The Hall–Kier alpha value is -2.54. The van der Waals surface area contributed by atoms with E-state index >= 15 is 0 Å². The van der Waals surface area contributed by atoms with Gasteiger partial charge in [-0.25, -0.2) is 8.42 Å². The van der Waals surface area contributed by atoms with Crippen LogP contribution in [0.4, 0.5) is 5.69 Å². The van der Waals surface area contributed by atoms with Gasteiger partial charge in [-0.2, -0.15) is 0 Å². The maximum atomic E-state index is 13.0. The van der Waals surface area contributed by atoms with Crippen LogP contribution in [0, 0.1) is 6.92 Å². The van der Waals surface area contributed by atoms with Gasteiger partial charge in [0.25, 0.3) is 0 Å². The molecule has 2 aromatic rings. The highest BCUT2D eigenvalue weighted by atomic mass is 32.2. The average Bonchev–Trinajstić information content (AvgIpc) is 2.64. The number of carbonyl (C=O) groups excluding carboxylic acids is 1. The van der Waals surface area contributed by atoms with E-state index in [1.165, 1.54) is 4.31 Å². The minimum atomic E-state index is -3.66. The lowest BCUT2D eigenvalue weighted by molar-refractivity contribution is -0.122. The molecule has 0 aliphatic carbocycles. The van der Waals surface area contributed by atoms with Crippen molar-refractivity contribution in [2.24, 2.45) is 0 Å². The van der Waals surface area contributed by atoms with Gasteiger partial charge in [-0.3, -0.25) is 9.10 Å². The number of nitrogens with zero attached hydrogens (tertiary/aromatic N) is 1. The summed E-state index contributed by atoms with van der Waals surface area (Å²) in [6.45, 7) is 5.53. The minimum Gasteiger partial charge on any atom is -0.496 e. The van der Waals surface area contributed by atoms with Crippen LogP contribution in [0.1, 0.15) is 37.4 Å². The molecule has 0 saturated heterocycles. The summed E-state index contributed by atoms with van der Waals surface area (Å²) in [5.41, 5.74) is 2.23. The van der Waals surface area contributed by atoms with E-state index in [2.05, 4.69) is 5.32 Å². The summed E-state index contributed by atoms with van der Waals surface area (Å²) in [5, 5.41) is 2.93. The second-order valence-electron chi connectivity index (χ2n) is 6.79. The molecule has 2 rings (SSSR count). The second-order valence-corrected chi connectivity index (χ2v) is 8.65. The molecule has 1 N–H and O–H groups in total. The predicted octanol–water partition coefficient (Wildman–Crippen LogP) is 3.43. The van der Waals surface area contributed by atoms with E-state index in [0.717, 1.165) is 17.4 Å². The van der Waals surface area contributed by atoms with Crippen molar-refractivity contribution in [1.82, 2.24) is 5.32 Å². The lowest BCUT2D eigenvalue weighted by atomic mass is 10.1. The molecule has 0 unspecified atom stereocenters. The maximum absolute atomic E-state index is 13.0. The molecule has 0 radical (unpaired) electrons. The topological polar surface area (TPSA) is 75.7 Å². The highest BCUT2D eigenvalue weighted by molar-refractivity contribution is 7.92. The van der Waals surface area contributed by atoms with Gasteiger partial charge < -0.3 is 10.1 Å². The van der Waals surface area contributed by atoms with E-state index in [1.807, 2.05) is 44.2 Å². The van der Waals surface area contributed by atoms with E-state index in [0.29, 0.717) is 17.9 Å². The van der Waals surface area contributed by atoms with Gasteiger partial charge in [0.1, 0.15) is 11.8 Å². The molecule has 0 aromatic heterocycles. The van der Waals surface area contributed by atoms with Gasteiger partial charge in [-0.05, 0) is 44.0 Å². The Morgan fingerprint density at radius 2 is 1.86 bits per heavy atom. The second kappa shape index (κ2) is 9.10. The summed E-state index contributed by atoms with van der Waals surface area (Å²) in [4.78, 5) is 13.0. The Bertz CT molecular complexity index is 928. The quantitative estimate of drug-likeness (QED) is 0.731. The predicted molar refractivity (Wildman–Crippen MR) is 112 cm³/mol. The normalized spacial score (nSPS) is 13.5. The number of ether oxygens (including phenoxy) is 1. The molecule has 28 heavy (non-hydrogen) atoms. The number of methoxy groups -OCH3 is 1. The molecular weight excluding hydrogens is 376 g/mol. The van der Waals surface area contributed by atoms with Gasteiger partial charge >= 0.3 is 0 Å². The first-order valence-electron chi connectivity index (χ1n) is 9.18. The van der Waals surface area contributed by atoms with Crippen LogP contribution < -0.4 is 14.4 Å². The Labute approximate surface area is 167 Å². The van der Waals surface area contributed by atoms with E-state index in [-0.39, 0.29) is 11.9 Å². The number of carbonyl (C=O) groups is 1. The standard InChI is InChI=1S/C21H28N2O4S/c1-6-19(23(28(5,25)26)17-11-9-10-15(2)14-17)21(24)22-16(3)18-12-7-8-13-20(18)27-4/h7-14,16,19H,6H2,1-5H3,(H,22,24)/t16-,19+/m0/s1. The summed E-state index contributed by atoms with van der Waals surface area (Å²) in [6, 6.07) is 13.4. The molecule has 0 spiro atoms. The van der Waals surface area contributed by atoms with Crippen LogP contribution in [0.15, 0.2) is 48.5 Å². The van der Waals surface area contributed by atoms with Gasteiger partial charge in [-0.15, -0.1) is 0 Å². The molecule has 152 valence electrons. The SMILES string of the molecule is CC[C@H](C(=O)N[C@@H](C)c1ccccc1OC)N(c1cccc(C)c1)S(C)(=O)=O. The highest BCUT2D eigenvalue weighted by Crippen LogP contribution is 2.26. The lowest BCUT2D eigenvalue weighted by Crippen LogP contribution is -2.49. The highest BCUT2D eigenvalue weighted by Gasteiger charge is 2.32. The molecule has 0 heterocycles. The largest absolute Gasteiger partial charge is 0.496 e. The zero-order valence-electron chi connectivity index (χ0n) is 17.0. The van der Waals surface area contributed by atoms with Gasteiger partial charge in [0.05, 0.1) is 25.1 Å². The molecule has 6 nitrogen and oxygen atoms in total. The van der Waals surface area contributed by atoms with Gasteiger partial charge in [0.2, 0.25) is 15.9 Å². The molecular formula is C21H28N2O4S. The first-order valence-corrected chi connectivity index (χ1v) is 11.0. The molecule has 0 fully saturated rings. The van der Waals surface area contributed by atoms with Crippen LogP contribution in [0.5, 0.6) is 5.75 Å². The van der Waals surface area contributed by atoms with Crippen molar-refractivity contribution in [1.29, 1.82) is 0 Å². The summed E-state index contributed by atoms with van der Waals surface area (Å²) < 4.78 is 31.6. The van der Waals surface area contributed by atoms with E-state index in [1.54, 1.807) is 32.2 Å². The number of amides is 1. The van der Waals surface area contributed by atoms with Crippen LogP contribution in [0.25, 0.3) is 0 Å². The first kappa shape index (κ1) is 21.8. The fourth-order valence-electron chi connectivity index (χ4n) is 3.24. The number of benzene rings is 2. The van der Waals surface area contributed by atoms with Gasteiger partial charge in [-0.1, -0.05) is 37.3 Å². The maximum Gasteiger partial charge on any atom is 0.244 e. The molecule has 0 aliphatic heterocycles. The van der Waals surface area contributed by atoms with E-state index in [9.17, 15) is 13.2 Å². The fraction of sp³-hybridized carbons (Fsp3) is 0.381. The average molecular weight is 405 g/mol. The van der Waals surface area contributed by atoms with Gasteiger partial charge in [0, 0.05) is 5.56 Å². The van der Waals surface area contributed by atoms with Crippen LogP contribution in [-0.4, -0.2) is 33.7 Å². The summed E-state index contributed by atoms with van der Waals surface area (Å²) >= 11 is 0. The Balaban J connectivity index is 2.34. The van der Waals surface area contributed by atoms with Crippen molar-refractivity contribution in [2.75, 3.05) is 17.7 Å². The molecule has 0 aliphatic rings. The van der Waals surface area contributed by atoms with Crippen molar-refractivity contribution < 1.29 is 17.9 Å². The number of para-hydroxylation sites is 1. The van der Waals surface area contributed by atoms with Crippen molar-refractivity contribution in [3.05, 3.63) is 59.7 Å². The number of hydrogen-bond acceptors (Lipinski definition) is 4. The number of nitrogens with one attached hydrogen (secondary N) is 1. The zero-order valence-corrected chi connectivity index (χ0v) is 17.8. The third-order valence-corrected chi connectivity index (χ3v) is 5.73. The monoisotopic (exact) mass is 404 g/mol. The summed E-state index contributed by atoms with van der Waals surface area (Å²) in [7, 11) is -2.08.